The Morgan fingerprint density at radius 2 is 1.72 bits per heavy atom. The maximum absolute atomic E-state index is 13.1. The van der Waals surface area contributed by atoms with Crippen molar-refractivity contribution in [2.75, 3.05) is 33.3 Å². The lowest BCUT2D eigenvalue weighted by molar-refractivity contribution is -0.0499. The van der Waals surface area contributed by atoms with Gasteiger partial charge in [0.05, 0.1) is 25.0 Å². The molecule has 9 nitrogen and oxygen atoms in total. The number of hydrogen-bond acceptors (Lipinski definition) is 6. The molecule has 4 rings (SSSR count). The predicted octanol–water partition coefficient (Wildman–Crippen LogP) is 1.33. The fourth-order valence-corrected chi connectivity index (χ4v) is 4.20. The van der Waals surface area contributed by atoms with Gasteiger partial charge in [0.2, 0.25) is 0 Å². The molecule has 2 fully saturated rings. The molecular weight excluding hydrogens is 436 g/mol. The van der Waals surface area contributed by atoms with E-state index in [1.54, 1.807) is 18.2 Å². The number of aromatic nitrogens is 2. The van der Waals surface area contributed by atoms with Crippen LogP contribution >= 0.6 is 12.4 Å². The van der Waals surface area contributed by atoms with Gasteiger partial charge in [-0.15, -0.1) is 12.4 Å². The Morgan fingerprint density at radius 3 is 2.38 bits per heavy atom. The number of aromatic amines is 1. The molecule has 2 aliphatic heterocycles. The molecule has 2 aromatic rings. The minimum absolute atomic E-state index is 0. The first-order chi connectivity index (χ1) is 15.0. The van der Waals surface area contributed by atoms with Gasteiger partial charge in [0.15, 0.2) is 0 Å². The molecule has 2 N–H and O–H groups in total. The second-order valence-corrected chi connectivity index (χ2v) is 7.94. The highest BCUT2D eigenvalue weighted by atomic mass is 35.5. The molecule has 0 saturated carbocycles. The molecule has 10 heteroatoms. The molecule has 1 amide bonds. The quantitative estimate of drug-likeness (QED) is 0.691. The first kappa shape index (κ1) is 24.0. The molecule has 3 heterocycles. The summed E-state index contributed by atoms with van der Waals surface area (Å²) in [6.45, 7) is 3.27. The molecule has 0 radical (unpaired) electrons. The Bertz CT molecular complexity index is 1040. The van der Waals surface area contributed by atoms with E-state index in [0.29, 0.717) is 36.2 Å². The number of likely N-dealkylation sites (tertiary alicyclic amines) is 1. The number of amides is 1. The van der Waals surface area contributed by atoms with Crippen molar-refractivity contribution in [2.24, 2.45) is 0 Å². The number of hydrogen-bond donors (Lipinski definition) is 2. The smallest absolute Gasteiger partial charge is 0.333 e. The molecule has 0 aliphatic carbocycles. The van der Waals surface area contributed by atoms with Crippen molar-refractivity contribution in [1.29, 1.82) is 0 Å². The van der Waals surface area contributed by atoms with Crippen molar-refractivity contribution in [3.63, 3.8) is 0 Å². The average Bonchev–Trinajstić information content (AvgIpc) is 2.79. The third-order valence-corrected chi connectivity index (χ3v) is 5.91. The second-order valence-electron chi connectivity index (χ2n) is 7.94. The minimum Gasteiger partial charge on any atom is -0.495 e. The first-order valence-electron chi connectivity index (χ1n) is 10.7. The lowest BCUT2D eigenvalue weighted by Gasteiger charge is -2.35. The molecule has 32 heavy (non-hydrogen) atoms. The molecule has 0 unspecified atom stereocenters. The highest BCUT2D eigenvalue weighted by Gasteiger charge is 2.27. The van der Waals surface area contributed by atoms with Gasteiger partial charge in [-0.25, -0.2) is 4.79 Å². The van der Waals surface area contributed by atoms with Crippen LogP contribution in [-0.2, 0) is 4.74 Å². The van der Waals surface area contributed by atoms with Gasteiger partial charge in [-0.2, -0.15) is 0 Å². The van der Waals surface area contributed by atoms with E-state index in [1.807, 2.05) is 4.90 Å². The number of piperidine rings is 2. The number of H-pyrrole nitrogens is 1. The molecule has 174 valence electrons. The normalized spacial score (nSPS) is 17.6. The lowest BCUT2D eigenvalue weighted by Crippen LogP contribution is -2.43. The van der Waals surface area contributed by atoms with E-state index < -0.39 is 11.2 Å². The third-order valence-electron chi connectivity index (χ3n) is 5.91. The molecule has 1 aromatic carbocycles. The highest BCUT2D eigenvalue weighted by Crippen LogP contribution is 2.25. The number of ether oxygens (including phenoxy) is 2. The summed E-state index contributed by atoms with van der Waals surface area (Å²) in [4.78, 5) is 40.8. The van der Waals surface area contributed by atoms with Crippen LogP contribution < -0.4 is 21.3 Å². The zero-order valence-corrected chi connectivity index (χ0v) is 18.9. The van der Waals surface area contributed by atoms with Crippen LogP contribution in [0.1, 0.15) is 36.0 Å². The lowest BCUT2D eigenvalue weighted by atomic mass is 10.0. The zero-order valence-electron chi connectivity index (χ0n) is 18.0. The molecule has 2 aliphatic rings. The Kier molecular flexibility index (Phi) is 8.11. The van der Waals surface area contributed by atoms with Crippen LogP contribution in [0.4, 0.5) is 0 Å². The van der Waals surface area contributed by atoms with Gasteiger partial charge in [-0.3, -0.25) is 19.1 Å². The molecule has 1 aromatic heterocycles. The summed E-state index contributed by atoms with van der Waals surface area (Å²) < 4.78 is 12.8. The predicted molar refractivity (Wildman–Crippen MR) is 122 cm³/mol. The zero-order chi connectivity index (χ0) is 21.8. The van der Waals surface area contributed by atoms with E-state index in [2.05, 4.69) is 10.3 Å². The standard InChI is InChI=1S/C22H28N4O5.ClH/c1-30-19-3-2-15(14-18(19)26-13-8-20(27)24-22(26)29)21(28)25-11-6-17(7-12-25)31-16-4-9-23-10-5-16;/h2-3,8,13-14,16-17,23H,4-7,9-12H2,1H3,(H,24,27,29);1H. The van der Waals surface area contributed by atoms with E-state index in [4.69, 9.17) is 9.47 Å². The summed E-state index contributed by atoms with van der Waals surface area (Å²) in [7, 11) is 1.49. The summed E-state index contributed by atoms with van der Waals surface area (Å²) in [6.07, 6.45) is 5.59. The Hall–Kier alpha value is -2.62. The fraction of sp³-hybridized carbons (Fsp3) is 0.500. The van der Waals surface area contributed by atoms with E-state index >= 15 is 0 Å². The van der Waals surface area contributed by atoms with Crippen molar-refractivity contribution in [1.82, 2.24) is 19.8 Å². The van der Waals surface area contributed by atoms with Crippen LogP contribution in [0, 0.1) is 0 Å². The SMILES string of the molecule is COc1ccc(C(=O)N2CCC(OC3CCNCC3)CC2)cc1-n1ccc(=O)[nH]c1=O.Cl. The summed E-state index contributed by atoms with van der Waals surface area (Å²) >= 11 is 0. The number of benzene rings is 1. The van der Waals surface area contributed by atoms with Crippen molar-refractivity contribution < 1.29 is 14.3 Å². The maximum Gasteiger partial charge on any atom is 0.333 e. The molecule has 0 atom stereocenters. The molecule has 0 spiro atoms. The van der Waals surface area contributed by atoms with Crippen LogP contribution in [0.25, 0.3) is 5.69 Å². The van der Waals surface area contributed by atoms with Crippen molar-refractivity contribution >= 4 is 18.3 Å². The second kappa shape index (κ2) is 10.8. The van der Waals surface area contributed by atoms with Gasteiger partial charge in [-0.1, -0.05) is 0 Å². The van der Waals surface area contributed by atoms with Crippen molar-refractivity contribution in [3.05, 3.63) is 56.9 Å². The first-order valence-corrected chi connectivity index (χ1v) is 10.7. The topological polar surface area (TPSA) is 106 Å². The van der Waals surface area contributed by atoms with E-state index in [0.717, 1.165) is 38.8 Å². The Morgan fingerprint density at radius 1 is 1.03 bits per heavy atom. The monoisotopic (exact) mass is 464 g/mol. The largest absolute Gasteiger partial charge is 0.495 e. The number of halogens is 1. The maximum atomic E-state index is 13.1. The summed E-state index contributed by atoms with van der Waals surface area (Å²) in [5.74, 6) is 0.335. The van der Waals surface area contributed by atoms with Gasteiger partial charge in [0, 0.05) is 30.9 Å². The molecule has 0 bridgehead atoms. The van der Waals surface area contributed by atoms with E-state index in [1.165, 1.54) is 23.9 Å². The van der Waals surface area contributed by atoms with Crippen LogP contribution in [0.5, 0.6) is 5.75 Å². The third kappa shape index (κ3) is 5.40. The number of carbonyl (C=O) groups excluding carboxylic acids is 1. The van der Waals surface area contributed by atoms with Gasteiger partial charge < -0.3 is 19.7 Å². The van der Waals surface area contributed by atoms with Gasteiger partial charge >= 0.3 is 5.69 Å². The van der Waals surface area contributed by atoms with E-state index in [-0.39, 0.29) is 24.4 Å². The van der Waals surface area contributed by atoms with Gasteiger partial charge in [0.25, 0.3) is 11.5 Å². The number of methoxy groups -OCH3 is 1. The Labute approximate surface area is 192 Å². The summed E-state index contributed by atoms with van der Waals surface area (Å²) in [5.41, 5.74) is -0.210. The fourth-order valence-electron chi connectivity index (χ4n) is 4.20. The number of carbonyl (C=O) groups is 1. The summed E-state index contributed by atoms with van der Waals surface area (Å²) in [6, 6.07) is 6.23. The molecule has 2 saturated heterocycles. The molecular formula is C22H29ClN4O5. The van der Waals surface area contributed by atoms with Gasteiger partial charge in [-0.05, 0) is 57.0 Å². The van der Waals surface area contributed by atoms with Crippen LogP contribution in [0.15, 0.2) is 40.1 Å². The minimum atomic E-state index is -0.591. The number of rotatable bonds is 5. The van der Waals surface area contributed by atoms with Crippen LogP contribution in [0.2, 0.25) is 0 Å². The number of nitrogens with zero attached hydrogens (tertiary/aromatic N) is 2. The summed E-state index contributed by atoms with van der Waals surface area (Å²) in [5, 5.41) is 3.34. The van der Waals surface area contributed by atoms with Crippen molar-refractivity contribution in [2.45, 2.75) is 37.9 Å². The van der Waals surface area contributed by atoms with E-state index in [9.17, 15) is 14.4 Å². The van der Waals surface area contributed by atoms with Crippen molar-refractivity contribution in [3.8, 4) is 11.4 Å². The Balaban J connectivity index is 0.00000289. The highest BCUT2D eigenvalue weighted by molar-refractivity contribution is 5.95. The van der Waals surface area contributed by atoms with Gasteiger partial charge in [0.1, 0.15) is 5.75 Å². The number of nitrogens with one attached hydrogen (secondary N) is 2. The average molecular weight is 465 g/mol. The van der Waals surface area contributed by atoms with Crippen LogP contribution in [0.3, 0.4) is 0 Å². The van der Waals surface area contributed by atoms with Crippen LogP contribution in [-0.4, -0.2) is 65.9 Å².